The average molecular weight is 368 g/mol. The second kappa shape index (κ2) is 7.48. The third-order valence-corrected chi connectivity index (χ3v) is 4.87. The number of amides is 1. The number of carbonyl (C=O) groups excluding carboxylic acids is 1. The average Bonchev–Trinajstić information content (AvgIpc) is 3.03. The minimum absolute atomic E-state index is 0.00564. The molecule has 2 aromatic rings. The maximum Gasteiger partial charge on any atom is 0.231 e. The molecule has 2 aromatic carbocycles. The van der Waals surface area contributed by atoms with E-state index < -0.39 is 0 Å². The minimum Gasteiger partial charge on any atom is -0.491 e. The van der Waals surface area contributed by atoms with E-state index in [0.717, 1.165) is 29.2 Å². The van der Waals surface area contributed by atoms with Crippen LogP contribution in [0.5, 0.6) is 17.2 Å². The van der Waals surface area contributed by atoms with E-state index in [1.807, 2.05) is 61.5 Å². The maximum atomic E-state index is 13.2. The summed E-state index contributed by atoms with van der Waals surface area (Å²) in [6.07, 6.45) is 0.322. The summed E-state index contributed by atoms with van der Waals surface area (Å²) in [5.74, 6) is 2.38. The van der Waals surface area contributed by atoms with Crippen LogP contribution in [0.2, 0.25) is 0 Å². The number of benzene rings is 2. The van der Waals surface area contributed by atoms with Crippen LogP contribution in [0.25, 0.3) is 0 Å². The largest absolute Gasteiger partial charge is 0.491 e. The Balaban J connectivity index is 1.56. The first-order valence-electron chi connectivity index (χ1n) is 9.13. The fraction of sp³-hybridized carbons (Fsp3) is 0.381. The molecular weight excluding hydrogens is 344 g/mol. The van der Waals surface area contributed by atoms with Gasteiger partial charge in [-0.15, -0.1) is 0 Å². The van der Waals surface area contributed by atoms with Gasteiger partial charge >= 0.3 is 0 Å². The summed E-state index contributed by atoms with van der Waals surface area (Å²) in [7, 11) is 4.02. The van der Waals surface area contributed by atoms with Gasteiger partial charge in [-0.25, -0.2) is 0 Å². The third kappa shape index (κ3) is 3.85. The number of para-hydroxylation sites is 1. The van der Waals surface area contributed by atoms with Crippen molar-refractivity contribution in [2.24, 2.45) is 0 Å². The number of fused-ring (bicyclic) bond motifs is 2. The summed E-state index contributed by atoms with van der Waals surface area (Å²) < 4.78 is 16.8. The molecule has 6 nitrogen and oxygen atoms in total. The molecule has 1 atom stereocenters. The lowest BCUT2D eigenvalue weighted by Crippen LogP contribution is -2.47. The van der Waals surface area contributed by atoms with Crippen LogP contribution < -0.4 is 14.2 Å². The summed E-state index contributed by atoms with van der Waals surface area (Å²) in [5.41, 5.74) is 1.96. The van der Waals surface area contributed by atoms with Gasteiger partial charge < -0.3 is 24.0 Å². The molecule has 2 aliphatic heterocycles. The van der Waals surface area contributed by atoms with Gasteiger partial charge in [0.2, 0.25) is 12.7 Å². The summed E-state index contributed by atoms with van der Waals surface area (Å²) in [4.78, 5) is 17.2. The fourth-order valence-electron chi connectivity index (χ4n) is 3.56. The van der Waals surface area contributed by atoms with Gasteiger partial charge in [-0.1, -0.05) is 24.3 Å². The van der Waals surface area contributed by atoms with Crippen LogP contribution in [0, 0.1) is 0 Å². The van der Waals surface area contributed by atoms with Crippen molar-refractivity contribution in [2.45, 2.75) is 19.0 Å². The summed E-state index contributed by atoms with van der Waals surface area (Å²) in [6.45, 7) is 2.03. The van der Waals surface area contributed by atoms with Crippen molar-refractivity contribution in [3.05, 3.63) is 53.6 Å². The van der Waals surface area contributed by atoms with E-state index >= 15 is 0 Å². The molecule has 0 radical (unpaired) electrons. The lowest BCUT2D eigenvalue weighted by Gasteiger charge is -2.31. The highest BCUT2D eigenvalue weighted by molar-refractivity contribution is 5.79. The van der Waals surface area contributed by atoms with Crippen LogP contribution in [-0.2, 0) is 17.8 Å². The van der Waals surface area contributed by atoms with Crippen LogP contribution in [0.1, 0.15) is 11.1 Å². The van der Waals surface area contributed by atoms with Gasteiger partial charge in [0.25, 0.3) is 0 Å². The zero-order valence-corrected chi connectivity index (χ0v) is 15.7. The number of likely N-dealkylation sites (N-methyl/N-ethyl adjacent to an activating group) is 1. The second-order valence-electron chi connectivity index (χ2n) is 7.22. The number of ether oxygens (including phenoxy) is 3. The highest BCUT2D eigenvalue weighted by Gasteiger charge is 2.29. The molecule has 0 N–H and O–H groups in total. The maximum absolute atomic E-state index is 13.2. The Bertz CT molecular complexity index is 837. The summed E-state index contributed by atoms with van der Waals surface area (Å²) >= 11 is 0. The van der Waals surface area contributed by atoms with E-state index in [0.29, 0.717) is 25.3 Å². The first-order valence-corrected chi connectivity index (χ1v) is 9.13. The zero-order chi connectivity index (χ0) is 18.8. The molecule has 0 saturated heterocycles. The molecule has 0 unspecified atom stereocenters. The molecule has 0 fully saturated rings. The van der Waals surface area contributed by atoms with Crippen molar-refractivity contribution in [1.29, 1.82) is 0 Å². The van der Waals surface area contributed by atoms with Crippen LogP contribution in [-0.4, -0.2) is 55.8 Å². The van der Waals surface area contributed by atoms with Crippen LogP contribution >= 0.6 is 0 Å². The number of hydrogen-bond donors (Lipinski definition) is 0. The molecule has 0 spiro atoms. The smallest absolute Gasteiger partial charge is 0.231 e. The van der Waals surface area contributed by atoms with Crippen LogP contribution in [0.3, 0.4) is 0 Å². The van der Waals surface area contributed by atoms with E-state index in [1.165, 1.54) is 0 Å². The molecule has 142 valence electrons. The molecule has 0 bridgehead atoms. The van der Waals surface area contributed by atoms with Crippen LogP contribution in [0.4, 0.5) is 0 Å². The molecule has 6 heteroatoms. The topological polar surface area (TPSA) is 51.2 Å². The lowest BCUT2D eigenvalue weighted by molar-refractivity contribution is -0.134. The zero-order valence-electron chi connectivity index (χ0n) is 15.7. The van der Waals surface area contributed by atoms with Crippen molar-refractivity contribution in [2.75, 3.05) is 34.0 Å². The molecule has 0 aliphatic carbocycles. The quantitative estimate of drug-likeness (QED) is 0.829. The molecule has 27 heavy (non-hydrogen) atoms. The van der Waals surface area contributed by atoms with Gasteiger partial charge in [-0.2, -0.15) is 0 Å². The second-order valence-corrected chi connectivity index (χ2v) is 7.22. The molecule has 0 saturated carbocycles. The van der Waals surface area contributed by atoms with Gasteiger partial charge in [-0.3, -0.25) is 4.79 Å². The summed E-state index contributed by atoms with van der Waals surface area (Å²) in [6, 6.07) is 13.6. The predicted molar refractivity (Wildman–Crippen MR) is 101 cm³/mol. The van der Waals surface area contributed by atoms with Gasteiger partial charge in [-0.05, 0) is 37.9 Å². The van der Waals surface area contributed by atoms with Crippen molar-refractivity contribution < 1.29 is 19.0 Å². The monoisotopic (exact) mass is 368 g/mol. The van der Waals surface area contributed by atoms with Crippen molar-refractivity contribution in [1.82, 2.24) is 9.80 Å². The van der Waals surface area contributed by atoms with E-state index in [9.17, 15) is 4.79 Å². The Hall–Kier alpha value is -2.73. The Kier molecular flexibility index (Phi) is 4.90. The molecule has 0 aromatic heterocycles. The highest BCUT2D eigenvalue weighted by Crippen LogP contribution is 2.33. The highest BCUT2D eigenvalue weighted by atomic mass is 16.7. The van der Waals surface area contributed by atoms with Crippen molar-refractivity contribution in [3.63, 3.8) is 0 Å². The predicted octanol–water partition coefficient (Wildman–Crippen LogP) is 2.31. The minimum atomic E-state index is -0.00564. The number of nitrogens with zero attached hydrogens (tertiary/aromatic N) is 2. The molecule has 1 amide bonds. The van der Waals surface area contributed by atoms with E-state index in [4.69, 9.17) is 14.2 Å². The SMILES string of the molecule is CN(C)C[C@@H]1COc2ccccc2CN1C(=O)Cc1ccc2c(c1)OCO2. The van der Waals surface area contributed by atoms with E-state index in [1.54, 1.807) is 0 Å². The Labute approximate surface area is 159 Å². The van der Waals surface area contributed by atoms with Gasteiger partial charge in [0.1, 0.15) is 12.4 Å². The Morgan fingerprint density at radius 3 is 2.74 bits per heavy atom. The standard InChI is InChI=1S/C21H24N2O4/c1-22(2)12-17-13-25-18-6-4-3-5-16(18)11-23(17)21(24)10-15-7-8-19-20(9-15)27-14-26-19/h3-9,17H,10-14H2,1-2H3/t17-/m1/s1. The van der Waals surface area contributed by atoms with Gasteiger partial charge in [0.05, 0.1) is 12.5 Å². The molecule has 4 rings (SSSR count). The fourth-order valence-corrected chi connectivity index (χ4v) is 3.56. The first-order chi connectivity index (χ1) is 13.1. The van der Waals surface area contributed by atoms with Gasteiger partial charge in [0, 0.05) is 18.7 Å². The first kappa shape index (κ1) is 17.7. The lowest BCUT2D eigenvalue weighted by atomic mass is 10.1. The molecule has 2 aliphatic rings. The van der Waals surface area contributed by atoms with Crippen molar-refractivity contribution >= 4 is 5.91 Å². The Morgan fingerprint density at radius 1 is 1.07 bits per heavy atom. The third-order valence-electron chi connectivity index (χ3n) is 4.87. The Morgan fingerprint density at radius 2 is 1.89 bits per heavy atom. The molecule has 2 heterocycles. The molecular formula is C21H24N2O4. The van der Waals surface area contributed by atoms with Gasteiger partial charge in [0.15, 0.2) is 11.5 Å². The number of hydrogen-bond acceptors (Lipinski definition) is 5. The van der Waals surface area contributed by atoms with Crippen LogP contribution in [0.15, 0.2) is 42.5 Å². The normalized spacial score (nSPS) is 18.0. The number of carbonyl (C=O) groups is 1. The summed E-state index contributed by atoms with van der Waals surface area (Å²) in [5, 5.41) is 0. The van der Waals surface area contributed by atoms with Crippen molar-refractivity contribution in [3.8, 4) is 17.2 Å². The van der Waals surface area contributed by atoms with E-state index in [-0.39, 0.29) is 18.7 Å². The number of rotatable bonds is 4. The van der Waals surface area contributed by atoms with E-state index in [2.05, 4.69) is 4.90 Å².